The molecule has 0 saturated carbocycles. The molecule has 0 spiro atoms. The van der Waals surface area contributed by atoms with Crippen molar-refractivity contribution in [1.29, 1.82) is 0 Å². The zero-order valence-electron chi connectivity index (χ0n) is 10.4. The number of pyridine rings is 1. The zero-order valence-corrected chi connectivity index (χ0v) is 10.4. The molecular formula is C13H15FN2O2. The molecule has 1 aromatic rings. The maximum atomic E-state index is 13.9. The average Bonchev–Trinajstić information content (AvgIpc) is 2.30. The molecule has 96 valence electrons. The lowest BCUT2D eigenvalue weighted by Gasteiger charge is -2.21. The Hall–Kier alpha value is -1.78. The Kier molecular flexibility index (Phi) is 3.41. The molecule has 1 fully saturated rings. The van der Waals surface area contributed by atoms with Crippen molar-refractivity contribution < 1.29 is 14.0 Å². The van der Waals surface area contributed by atoms with Crippen LogP contribution < -0.4 is 5.32 Å². The van der Waals surface area contributed by atoms with Gasteiger partial charge in [-0.15, -0.1) is 0 Å². The topological polar surface area (TPSA) is 59.1 Å². The van der Waals surface area contributed by atoms with Gasteiger partial charge in [-0.05, 0) is 24.0 Å². The molecule has 2 rings (SSSR count). The van der Waals surface area contributed by atoms with Crippen molar-refractivity contribution in [2.75, 3.05) is 0 Å². The van der Waals surface area contributed by atoms with E-state index in [-0.39, 0.29) is 23.9 Å². The van der Waals surface area contributed by atoms with Crippen LogP contribution >= 0.6 is 0 Å². The predicted octanol–water partition coefficient (Wildman–Crippen LogP) is 1.86. The van der Waals surface area contributed by atoms with Crippen molar-refractivity contribution in [3.63, 3.8) is 0 Å². The van der Waals surface area contributed by atoms with Crippen molar-refractivity contribution in [1.82, 2.24) is 10.3 Å². The first kappa shape index (κ1) is 12.7. The lowest BCUT2D eigenvalue weighted by atomic mass is 9.93. The Morgan fingerprint density at radius 1 is 1.44 bits per heavy atom. The van der Waals surface area contributed by atoms with Crippen LogP contribution in [0.4, 0.5) is 4.39 Å². The largest absolute Gasteiger partial charge is 0.296 e. The molecule has 2 heterocycles. The van der Waals surface area contributed by atoms with Gasteiger partial charge in [0.25, 0.3) is 0 Å². The molecule has 5 heteroatoms. The third kappa shape index (κ3) is 2.39. The van der Waals surface area contributed by atoms with E-state index >= 15 is 0 Å². The number of nitrogens with zero attached hydrogens (tertiary/aromatic N) is 1. The SMILES string of the molecule is CC(C)c1cnc([C@H]2CCC(=O)NC2=O)c(F)c1. The highest BCUT2D eigenvalue weighted by Crippen LogP contribution is 2.26. The molecule has 1 aromatic heterocycles. The molecule has 0 unspecified atom stereocenters. The average molecular weight is 250 g/mol. The Balaban J connectivity index is 2.28. The minimum absolute atomic E-state index is 0.129. The molecule has 0 aliphatic carbocycles. The van der Waals surface area contributed by atoms with E-state index in [4.69, 9.17) is 0 Å². The lowest BCUT2D eigenvalue weighted by molar-refractivity contribution is -0.134. The molecule has 0 aromatic carbocycles. The van der Waals surface area contributed by atoms with Crippen molar-refractivity contribution in [2.45, 2.75) is 38.5 Å². The number of halogens is 1. The van der Waals surface area contributed by atoms with Crippen LogP contribution in [0, 0.1) is 5.82 Å². The number of rotatable bonds is 2. The fraction of sp³-hybridized carbons (Fsp3) is 0.462. The van der Waals surface area contributed by atoms with Crippen molar-refractivity contribution >= 4 is 11.8 Å². The van der Waals surface area contributed by atoms with Gasteiger partial charge >= 0.3 is 0 Å². The summed E-state index contributed by atoms with van der Waals surface area (Å²) in [5.74, 6) is -1.73. The maximum Gasteiger partial charge on any atom is 0.235 e. The van der Waals surface area contributed by atoms with E-state index in [0.717, 1.165) is 5.56 Å². The van der Waals surface area contributed by atoms with Crippen LogP contribution in [0.2, 0.25) is 0 Å². The number of hydrogen-bond donors (Lipinski definition) is 1. The third-order valence-corrected chi connectivity index (χ3v) is 3.13. The van der Waals surface area contributed by atoms with E-state index in [1.165, 1.54) is 6.07 Å². The van der Waals surface area contributed by atoms with E-state index < -0.39 is 17.6 Å². The van der Waals surface area contributed by atoms with Crippen LogP contribution in [0.5, 0.6) is 0 Å². The standard InChI is InChI=1S/C13H15FN2O2/c1-7(2)8-5-10(14)12(15-6-8)9-3-4-11(17)16-13(9)18/h5-7,9H,3-4H2,1-2H3,(H,16,17,18)/t9-/m1/s1. The van der Waals surface area contributed by atoms with Crippen LogP contribution in [0.25, 0.3) is 0 Å². The highest BCUT2D eigenvalue weighted by Gasteiger charge is 2.31. The quantitative estimate of drug-likeness (QED) is 0.815. The molecule has 1 aliphatic heterocycles. The smallest absolute Gasteiger partial charge is 0.235 e. The molecule has 1 aliphatic rings. The van der Waals surface area contributed by atoms with Gasteiger partial charge in [0.05, 0.1) is 11.6 Å². The normalized spacial score (nSPS) is 20.1. The molecular weight excluding hydrogens is 235 g/mol. The van der Waals surface area contributed by atoms with Crippen LogP contribution in [-0.4, -0.2) is 16.8 Å². The fourth-order valence-corrected chi connectivity index (χ4v) is 1.99. The Morgan fingerprint density at radius 2 is 2.17 bits per heavy atom. The number of carbonyl (C=O) groups is 2. The van der Waals surface area contributed by atoms with E-state index in [1.807, 2.05) is 13.8 Å². The van der Waals surface area contributed by atoms with Crippen molar-refractivity contribution in [3.8, 4) is 0 Å². The number of aromatic nitrogens is 1. The summed E-state index contributed by atoms with van der Waals surface area (Å²) < 4.78 is 13.9. The first-order chi connectivity index (χ1) is 8.49. The zero-order chi connectivity index (χ0) is 13.3. The first-order valence-corrected chi connectivity index (χ1v) is 5.98. The molecule has 2 amide bonds. The minimum atomic E-state index is -0.663. The van der Waals surface area contributed by atoms with E-state index in [0.29, 0.717) is 6.42 Å². The first-order valence-electron chi connectivity index (χ1n) is 5.98. The second kappa shape index (κ2) is 4.84. The van der Waals surface area contributed by atoms with E-state index in [9.17, 15) is 14.0 Å². The van der Waals surface area contributed by atoms with Gasteiger partial charge in [-0.3, -0.25) is 19.9 Å². The third-order valence-electron chi connectivity index (χ3n) is 3.13. The molecule has 1 atom stereocenters. The Bertz CT molecular complexity index is 500. The van der Waals surface area contributed by atoms with E-state index in [1.54, 1.807) is 6.20 Å². The second-order valence-corrected chi connectivity index (χ2v) is 4.79. The van der Waals surface area contributed by atoms with Gasteiger partial charge in [0.15, 0.2) is 0 Å². The van der Waals surface area contributed by atoms with Gasteiger partial charge in [-0.1, -0.05) is 13.8 Å². The maximum absolute atomic E-state index is 13.9. The molecule has 1 saturated heterocycles. The number of hydrogen-bond acceptors (Lipinski definition) is 3. The number of carbonyl (C=O) groups excluding carboxylic acids is 2. The number of piperidine rings is 1. The van der Waals surface area contributed by atoms with Crippen LogP contribution in [0.1, 0.15) is 49.8 Å². The highest BCUT2D eigenvalue weighted by molar-refractivity contribution is 6.00. The van der Waals surface area contributed by atoms with Gasteiger partial charge < -0.3 is 0 Å². The summed E-state index contributed by atoms with van der Waals surface area (Å²) in [6.07, 6.45) is 2.13. The summed E-state index contributed by atoms with van der Waals surface area (Å²) in [5, 5.41) is 2.21. The second-order valence-electron chi connectivity index (χ2n) is 4.79. The summed E-state index contributed by atoms with van der Waals surface area (Å²) in [7, 11) is 0. The molecule has 1 N–H and O–H groups in total. The summed E-state index contributed by atoms with van der Waals surface area (Å²) >= 11 is 0. The van der Waals surface area contributed by atoms with Crippen molar-refractivity contribution in [3.05, 3.63) is 29.3 Å². The van der Waals surface area contributed by atoms with Crippen LogP contribution in [0.3, 0.4) is 0 Å². The lowest BCUT2D eigenvalue weighted by Crippen LogP contribution is -2.40. The highest BCUT2D eigenvalue weighted by atomic mass is 19.1. The summed E-state index contributed by atoms with van der Waals surface area (Å²) in [6, 6.07) is 1.41. The van der Waals surface area contributed by atoms with E-state index in [2.05, 4.69) is 10.3 Å². The Labute approximate surface area is 105 Å². The van der Waals surface area contributed by atoms with Gasteiger partial charge in [0.1, 0.15) is 5.82 Å². The summed E-state index contributed by atoms with van der Waals surface area (Å²) in [6.45, 7) is 3.89. The number of nitrogens with one attached hydrogen (secondary N) is 1. The van der Waals surface area contributed by atoms with Gasteiger partial charge in [-0.25, -0.2) is 4.39 Å². The number of amides is 2. The van der Waals surface area contributed by atoms with Crippen LogP contribution in [0.15, 0.2) is 12.3 Å². The monoisotopic (exact) mass is 250 g/mol. The molecule has 0 radical (unpaired) electrons. The fourth-order valence-electron chi connectivity index (χ4n) is 1.99. The summed E-state index contributed by atoms with van der Waals surface area (Å²) in [5.41, 5.74) is 0.924. The number of imide groups is 1. The van der Waals surface area contributed by atoms with Gasteiger partial charge in [0.2, 0.25) is 11.8 Å². The minimum Gasteiger partial charge on any atom is -0.296 e. The van der Waals surface area contributed by atoms with Crippen molar-refractivity contribution in [2.24, 2.45) is 0 Å². The van der Waals surface area contributed by atoms with Gasteiger partial charge in [-0.2, -0.15) is 0 Å². The molecule has 0 bridgehead atoms. The predicted molar refractivity (Wildman–Crippen MR) is 63.4 cm³/mol. The Morgan fingerprint density at radius 3 is 2.72 bits per heavy atom. The summed E-state index contributed by atoms with van der Waals surface area (Å²) in [4.78, 5) is 26.7. The molecule has 4 nitrogen and oxygen atoms in total. The molecule has 18 heavy (non-hydrogen) atoms. The van der Waals surface area contributed by atoms with Crippen LogP contribution in [-0.2, 0) is 9.59 Å². The van der Waals surface area contributed by atoms with Gasteiger partial charge in [0, 0.05) is 12.6 Å².